The topological polar surface area (TPSA) is 34.5 Å². The minimum Gasteiger partial charge on any atom is -0.484 e. The van der Waals surface area contributed by atoms with Gasteiger partial charge in [0.2, 0.25) is 0 Å². The summed E-state index contributed by atoms with van der Waals surface area (Å²) in [6.45, 7) is 2.28. The smallest absolute Gasteiger partial charge is 0.260 e. The van der Waals surface area contributed by atoms with Crippen molar-refractivity contribution in [1.82, 2.24) is 9.47 Å². The maximum absolute atomic E-state index is 12.1. The summed E-state index contributed by atoms with van der Waals surface area (Å²) >= 11 is 5.80. The first-order chi connectivity index (χ1) is 9.72. The minimum atomic E-state index is 0.00685. The van der Waals surface area contributed by atoms with Gasteiger partial charge in [-0.25, -0.2) is 0 Å². The van der Waals surface area contributed by atoms with E-state index in [0.717, 1.165) is 18.8 Å². The first-order valence-electron chi connectivity index (χ1n) is 6.52. The van der Waals surface area contributed by atoms with Gasteiger partial charge in [0.25, 0.3) is 5.91 Å². The van der Waals surface area contributed by atoms with Gasteiger partial charge >= 0.3 is 0 Å². The molecule has 0 radical (unpaired) electrons. The van der Waals surface area contributed by atoms with Crippen LogP contribution in [0.15, 0.2) is 42.6 Å². The number of amides is 1. The van der Waals surface area contributed by atoms with Gasteiger partial charge < -0.3 is 14.2 Å². The molecule has 1 amide bonds. The van der Waals surface area contributed by atoms with Crippen LogP contribution in [0.2, 0.25) is 5.02 Å². The Morgan fingerprint density at radius 2 is 2.00 bits per heavy atom. The largest absolute Gasteiger partial charge is 0.484 e. The molecule has 0 aliphatic carbocycles. The summed E-state index contributed by atoms with van der Waals surface area (Å²) < 4.78 is 7.66. The van der Waals surface area contributed by atoms with Crippen molar-refractivity contribution in [2.45, 2.75) is 13.1 Å². The predicted molar refractivity (Wildman–Crippen MR) is 76.8 cm³/mol. The molecular weight excluding hydrogens is 276 g/mol. The van der Waals surface area contributed by atoms with Crippen molar-refractivity contribution in [3.63, 3.8) is 0 Å². The molecule has 0 atom stereocenters. The van der Waals surface area contributed by atoms with E-state index >= 15 is 0 Å². The molecule has 1 aromatic carbocycles. The lowest BCUT2D eigenvalue weighted by molar-refractivity contribution is -0.134. The van der Waals surface area contributed by atoms with Crippen LogP contribution < -0.4 is 4.74 Å². The Bertz CT molecular complexity index is 607. The lowest BCUT2D eigenvalue weighted by Crippen LogP contribution is -2.40. The van der Waals surface area contributed by atoms with Gasteiger partial charge in [0.05, 0.1) is 6.54 Å². The molecule has 1 aliphatic rings. The fourth-order valence-electron chi connectivity index (χ4n) is 2.29. The number of rotatable bonds is 3. The molecule has 3 rings (SSSR count). The molecule has 104 valence electrons. The molecule has 0 saturated heterocycles. The zero-order chi connectivity index (χ0) is 13.9. The minimum absolute atomic E-state index is 0.00685. The van der Waals surface area contributed by atoms with Crippen LogP contribution in [0.4, 0.5) is 0 Å². The molecule has 2 aromatic rings. The highest BCUT2D eigenvalue weighted by atomic mass is 35.5. The number of ether oxygens (including phenoxy) is 1. The Kier molecular flexibility index (Phi) is 3.65. The molecule has 2 heterocycles. The van der Waals surface area contributed by atoms with Crippen LogP contribution in [-0.2, 0) is 17.9 Å². The zero-order valence-electron chi connectivity index (χ0n) is 11.0. The average molecular weight is 291 g/mol. The van der Waals surface area contributed by atoms with E-state index in [9.17, 15) is 4.79 Å². The van der Waals surface area contributed by atoms with Crippen LogP contribution in [0, 0.1) is 0 Å². The van der Waals surface area contributed by atoms with E-state index in [-0.39, 0.29) is 12.5 Å². The number of fused-ring (bicyclic) bond motifs is 1. The predicted octanol–water partition coefficient (Wildman–Crippen LogP) is 2.56. The van der Waals surface area contributed by atoms with Crippen LogP contribution in [0.1, 0.15) is 5.69 Å². The second-order valence-corrected chi connectivity index (χ2v) is 5.19. The SMILES string of the molecule is O=C(COc1ccc(Cl)cc1)N1CCn2cccc2C1. The first-order valence-corrected chi connectivity index (χ1v) is 6.90. The Hall–Kier alpha value is -1.94. The summed E-state index contributed by atoms with van der Waals surface area (Å²) in [6.07, 6.45) is 2.04. The molecule has 4 nitrogen and oxygen atoms in total. The number of carbonyl (C=O) groups is 1. The molecule has 0 N–H and O–H groups in total. The number of nitrogens with zero attached hydrogens (tertiary/aromatic N) is 2. The molecular formula is C15H15ClN2O2. The molecule has 0 spiro atoms. The Balaban J connectivity index is 1.56. The van der Waals surface area contributed by atoms with Crippen molar-refractivity contribution in [2.75, 3.05) is 13.2 Å². The van der Waals surface area contributed by atoms with E-state index in [2.05, 4.69) is 4.57 Å². The molecule has 1 aliphatic heterocycles. The highest BCUT2D eigenvalue weighted by Gasteiger charge is 2.20. The second-order valence-electron chi connectivity index (χ2n) is 4.75. The molecule has 20 heavy (non-hydrogen) atoms. The van der Waals surface area contributed by atoms with Crippen LogP contribution >= 0.6 is 11.6 Å². The molecule has 0 fully saturated rings. The summed E-state index contributed by atoms with van der Waals surface area (Å²) in [5.74, 6) is 0.663. The van der Waals surface area contributed by atoms with Gasteiger partial charge in [-0.05, 0) is 36.4 Å². The van der Waals surface area contributed by atoms with Crippen LogP contribution in [0.5, 0.6) is 5.75 Å². The van der Waals surface area contributed by atoms with Gasteiger partial charge in [-0.3, -0.25) is 4.79 Å². The average Bonchev–Trinajstić information content (AvgIpc) is 2.93. The number of hydrogen-bond donors (Lipinski definition) is 0. The summed E-state index contributed by atoms with van der Waals surface area (Å²) in [7, 11) is 0. The van der Waals surface area contributed by atoms with E-state index in [1.54, 1.807) is 24.3 Å². The van der Waals surface area contributed by atoms with Crippen LogP contribution in [0.25, 0.3) is 0 Å². The van der Waals surface area contributed by atoms with E-state index < -0.39 is 0 Å². The number of carbonyl (C=O) groups excluding carboxylic acids is 1. The monoisotopic (exact) mass is 290 g/mol. The number of hydrogen-bond acceptors (Lipinski definition) is 2. The lowest BCUT2D eigenvalue weighted by Gasteiger charge is -2.28. The zero-order valence-corrected chi connectivity index (χ0v) is 11.7. The Morgan fingerprint density at radius 3 is 2.80 bits per heavy atom. The van der Waals surface area contributed by atoms with E-state index in [4.69, 9.17) is 16.3 Å². The van der Waals surface area contributed by atoms with Gasteiger partial charge in [-0.2, -0.15) is 0 Å². The van der Waals surface area contributed by atoms with Gasteiger partial charge in [0, 0.05) is 30.0 Å². The number of aromatic nitrogens is 1. The third kappa shape index (κ3) is 2.80. The van der Waals surface area contributed by atoms with Crippen LogP contribution in [-0.4, -0.2) is 28.5 Å². The fraction of sp³-hybridized carbons (Fsp3) is 0.267. The summed E-state index contributed by atoms with van der Waals surface area (Å²) in [6, 6.07) is 11.1. The molecule has 5 heteroatoms. The van der Waals surface area contributed by atoms with Crippen molar-refractivity contribution in [2.24, 2.45) is 0 Å². The number of benzene rings is 1. The quantitative estimate of drug-likeness (QED) is 0.871. The van der Waals surface area contributed by atoms with Gasteiger partial charge in [-0.1, -0.05) is 11.6 Å². The third-order valence-electron chi connectivity index (χ3n) is 3.42. The standard InChI is InChI=1S/C15H15ClN2O2/c16-12-3-5-14(6-4-12)20-11-15(19)18-9-8-17-7-1-2-13(17)10-18/h1-7H,8-11H2. The van der Waals surface area contributed by atoms with Gasteiger partial charge in [0.15, 0.2) is 6.61 Å². The van der Waals surface area contributed by atoms with Crippen molar-refractivity contribution < 1.29 is 9.53 Å². The second kappa shape index (κ2) is 5.59. The maximum atomic E-state index is 12.1. The van der Waals surface area contributed by atoms with Crippen molar-refractivity contribution >= 4 is 17.5 Å². The third-order valence-corrected chi connectivity index (χ3v) is 3.67. The summed E-state index contributed by atoms with van der Waals surface area (Å²) in [5, 5.41) is 0.653. The highest BCUT2D eigenvalue weighted by Crippen LogP contribution is 2.16. The maximum Gasteiger partial charge on any atom is 0.260 e. The summed E-state index contributed by atoms with van der Waals surface area (Å²) in [4.78, 5) is 14.0. The van der Waals surface area contributed by atoms with E-state index in [1.165, 1.54) is 0 Å². The Labute approximate surface area is 122 Å². The first kappa shape index (κ1) is 13.1. The fourth-order valence-corrected chi connectivity index (χ4v) is 2.42. The molecule has 1 aromatic heterocycles. The Morgan fingerprint density at radius 1 is 1.20 bits per heavy atom. The van der Waals surface area contributed by atoms with Gasteiger partial charge in [0.1, 0.15) is 5.75 Å². The van der Waals surface area contributed by atoms with Gasteiger partial charge in [-0.15, -0.1) is 0 Å². The lowest BCUT2D eigenvalue weighted by atomic mass is 10.3. The summed E-state index contributed by atoms with van der Waals surface area (Å²) in [5.41, 5.74) is 1.16. The molecule has 0 bridgehead atoms. The van der Waals surface area contributed by atoms with E-state index in [1.807, 2.05) is 23.2 Å². The van der Waals surface area contributed by atoms with Crippen LogP contribution in [0.3, 0.4) is 0 Å². The van der Waals surface area contributed by atoms with E-state index in [0.29, 0.717) is 17.3 Å². The number of halogens is 1. The van der Waals surface area contributed by atoms with Crippen molar-refractivity contribution in [3.8, 4) is 5.75 Å². The normalized spacial score (nSPS) is 13.9. The highest BCUT2D eigenvalue weighted by molar-refractivity contribution is 6.30. The van der Waals surface area contributed by atoms with Crippen molar-refractivity contribution in [1.29, 1.82) is 0 Å². The molecule has 0 unspecified atom stereocenters. The molecule has 0 saturated carbocycles. The van der Waals surface area contributed by atoms with Crippen molar-refractivity contribution in [3.05, 3.63) is 53.3 Å².